The number of rotatable bonds is 6. The van der Waals surface area contributed by atoms with E-state index in [1.807, 2.05) is 11.8 Å². The first kappa shape index (κ1) is 15.3. The van der Waals surface area contributed by atoms with Gasteiger partial charge in [-0.05, 0) is 50.7 Å². The molecule has 1 rings (SSSR count). The van der Waals surface area contributed by atoms with E-state index in [0.29, 0.717) is 11.5 Å². The van der Waals surface area contributed by atoms with Gasteiger partial charge >= 0.3 is 0 Å². The SMILES string of the molecule is CSCCC(C)N(C)C1(CN)CCCC1(C)C. The number of nitrogens with two attached hydrogens (primary N) is 1. The molecule has 1 fully saturated rings. The molecule has 1 aliphatic rings. The van der Waals surface area contributed by atoms with Gasteiger partial charge in [0.1, 0.15) is 0 Å². The van der Waals surface area contributed by atoms with Crippen molar-refractivity contribution >= 4 is 11.8 Å². The number of nitrogens with zero attached hydrogens (tertiary/aromatic N) is 1. The molecule has 0 bridgehead atoms. The van der Waals surface area contributed by atoms with E-state index in [9.17, 15) is 0 Å². The van der Waals surface area contributed by atoms with Crippen LogP contribution >= 0.6 is 11.8 Å². The maximum absolute atomic E-state index is 6.16. The lowest BCUT2D eigenvalue weighted by molar-refractivity contribution is 0.00604. The molecular weight excluding hydrogens is 228 g/mol. The summed E-state index contributed by atoms with van der Waals surface area (Å²) in [5.74, 6) is 1.24. The van der Waals surface area contributed by atoms with Crippen molar-refractivity contribution in [1.82, 2.24) is 4.90 Å². The topological polar surface area (TPSA) is 29.3 Å². The summed E-state index contributed by atoms with van der Waals surface area (Å²) in [6.45, 7) is 7.93. The zero-order valence-electron chi connectivity index (χ0n) is 12.3. The van der Waals surface area contributed by atoms with Gasteiger partial charge in [-0.1, -0.05) is 20.3 Å². The molecule has 0 aliphatic heterocycles. The Morgan fingerprint density at radius 1 is 1.35 bits per heavy atom. The molecule has 1 aliphatic carbocycles. The standard InChI is InChI=1S/C14H30N2S/c1-12(7-10-17-5)16(4)14(11-15)9-6-8-13(14,2)3/h12H,6-11,15H2,1-5H3. The van der Waals surface area contributed by atoms with E-state index >= 15 is 0 Å². The fourth-order valence-electron chi connectivity index (χ4n) is 3.47. The molecule has 0 spiro atoms. The van der Waals surface area contributed by atoms with Crippen molar-refractivity contribution in [2.45, 2.75) is 58.0 Å². The van der Waals surface area contributed by atoms with E-state index in [-0.39, 0.29) is 5.54 Å². The molecular formula is C14H30N2S. The maximum atomic E-state index is 6.16. The van der Waals surface area contributed by atoms with Gasteiger partial charge in [0.2, 0.25) is 0 Å². The smallest absolute Gasteiger partial charge is 0.0382 e. The van der Waals surface area contributed by atoms with Gasteiger partial charge in [-0.25, -0.2) is 0 Å². The molecule has 0 amide bonds. The maximum Gasteiger partial charge on any atom is 0.0382 e. The lowest BCUT2D eigenvalue weighted by atomic mass is 9.73. The quantitative estimate of drug-likeness (QED) is 0.794. The number of thioether (sulfide) groups is 1. The Labute approximate surface area is 112 Å². The summed E-state index contributed by atoms with van der Waals surface area (Å²) in [6, 6.07) is 0.628. The largest absolute Gasteiger partial charge is 0.329 e. The van der Waals surface area contributed by atoms with Crippen molar-refractivity contribution in [2.24, 2.45) is 11.1 Å². The van der Waals surface area contributed by atoms with E-state index in [2.05, 4.69) is 39.0 Å². The monoisotopic (exact) mass is 258 g/mol. The van der Waals surface area contributed by atoms with E-state index in [4.69, 9.17) is 5.73 Å². The molecule has 17 heavy (non-hydrogen) atoms. The Balaban J connectivity index is 2.79. The summed E-state index contributed by atoms with van der Waals surface area (Å²) in [7, 11) is 2.28. The van der Waals surface area contributed by atoms with Crippen LogP contribution in [0.4, 0.5) is 0 Å². The molecule has 0 aromatic rings. The summed E-state index contributed by atoms with van der Waals surface area (Å²) in [4.78, 5) is 2.58. The zero-order valence-corrected chi connectivity index (χ0v) is 13.1. The van der Waals surface area contributed by atoms with Crippen LogP contribution in [0, 0.1) is 5.41 Å². The van der Waals surface area contributed by atoms with Crippen molar-refractivity contribution in [1.29, 1.82) is 0 Å². The molecule has 1 saturated carbocycles. The minimum absolute atomic E-state index is 0.213. The summed E-state index contributed by atoms with van der Waals surface area (Å²) < 4.78 is 0. The van der Waals surface area contributed by atoms with Crippen LogP contribution in [0.2, 0.25) is 0 Å². The van der Waals surface area contributed by atoms with Crippen molar-refractivity contribution in [2.75, 3.05) is 25.6 Å². The minimum atomic E-state index is 0.213. The van der Waals surface area contributed by atoms with Gasteiger partial charge in [-0.15, -0.1) is 0 Å². The van der Waals surface area contributed by atoms with Gasteiger partial charge < -0.3 is 5.73 Å². The Kier molecular flexibility index (Phi) is 5.36. The third-order valence-electron chi connectivity index (χ3n) is 5.07. The van der Waals surface area contributed by atoms with Crippen LogP contribution in [-0.2, 0) is 0 Å². The van der Waals surface area contributed by atoms with Gasteiger partial charge in [0.25, 0.3) is 0 Å². The highest BCUT2D eigenvalue weighted by Crippen LogP contribution is 2.49. The summed E-state index contributed by atoms with van der Waals surface area (Å²) >= 11 is 1.94. The summed E-state index contributed by atoms with van der Waals surface area (Å²) in [5, 5.41) is 0. The molecule has 0 saturated heterocycles. The molecule has 2 atom stereocenters. The fraction of sp³-hybridized carbons (Fsp3) is 1.00. The predicted molar refractivity (Wildman–Crippen MR) is 79.6 cm³/mol. The number of hydrogen-bond acceptors (Lipinski definition) is 3. The van der Waals surface area contributed by atoms with Crippen LogP contribution in [0.15, 0.2) is 0 Å². The first-order valence-corrected chi connectivity index (χ1v) is 8.22. The summed E-state index contributed by atoms with van der Waals surface area (Å²) in [6.07, 6.45) is 7.34. The number of likely N-dealkylation sites (N-methyl/N-ethyl adjacent to an activating group) is 1. The third kappa shape index (κ3) is 2.82. The van der Waals surface area contributed by atoms with Crippen LogP contribution in [-0.4, -0.2) is 42.1 Å². The van der Waals surface area contributed by atoms with Gasteiger partial charge in [0, 0.05) is 18.1 Å². The Morgan fingerprint density at radius 3 is 2.41 bits per heavy atom. The molecule has 0 heterocycles. The molecule has 102 valence electrons. The first-order chi connectivity index (χ1) is 7.91. The second-order valence-corrected chi connectivity index (χ2v) is 7.20. The normalized spacial score (nSPS) is 29.8. The average molecular weight is 258 g/mol. The van der Waals surface area contributed by atoms with E-state index < -0.39 is 0 Å². The fourth-order valence-corrected chi connectivity index (χ4v) is 4.05. The molecule has 0 aromatic carbocycles. The average Bonchev–Trinajstić information content (AvgIpc) is 2.60. The van der Waals surface area contributed by atoms with Crippen LogP contribution in [0.25, 0.3) is 0 Å². The Morgan fingerprint density at radius 2 is 2.00 bits per heavy atom. The first-order valence-electron chi connectivity index (χ1n) is 6.83. The van der Waals surface area contributed by atoms with Gasteiger partial charge in [-0.2, -0.15) is 11.8 Å². The molecule has 2 unspecified atom stereocenters. The van der Waals surface area contributed by atoms with E-state index in [1.165, 1.54) is 31.4 Å². The van der Waals surface area contributed by atoms with Crippen LogP contribution < -0.4 is 5.73 Å². The van der Waals surface area contributed by atoms with Crippen molar-refractivity contribution in [3.63, 3.8) is 0 Å². The third-order valence-corrected chi connectivity index (χ3v) is 5.71. The highest BCUT2D eigenvalue weighted by atomic mass is 32.2. The van der Waals surface area contributed by atoms with Crippen LogP contribution in [0.1, 0.15) is 46.5 Å². The predicted octanol–water partition coefficient (Wildman–Crippen LogP) is 2.97. The second-order valence-electron chi connectivity index (χ2n) is 6.21. The van der Waals surface area contributed by atoms with E-state index in [0.717, 1.165) is 6.54 Å². The van der Waals surface area contributed by atoms with Crippen molar-refractivity contribution < 1.29 is 0 Å². The molecule has 2 N–H and O–H groups in total. The highest BCUT2D eigenvalue weighted by Gasteiger charge is 2.51. The van der Waals surface area contributed by atoms with Crippen molar-refractivity contribution in [3.05, 3.63) is 0 Å². The molecule has 3 heteroatoms. The van der Waals surface area contributed by atoms with Crippen LogP contribution in [0.3, 0.4) is 0 Å². The Bertz CT molecular complexity index is 242. The lowest BCUT2D eigenvalue weighted by Gasteiger charge is -2.50. The molecule has 2 nitrogen and oxygen atoms in total. The van der Waals surface area contributed by atoms with Gasteiger partial charge in [-0.3, -0.25) is 4.90 Å². The van der Waals surface area contributed by atoms with Gasteiger partial charge in [0.15, 0.2) is 0 Å². The Hall–Kier alpha value is 0.270. The number of hydrogen-bond donors (Lipinski definition) is 1. The minimum Gasteiger partial charge on any atom is -0.329 e. The van der Waals surface area contributed by atoms with E-state index in [1.54, 1.807) is 0 Å². The highest BCUT2D eigenvalue weighted by molar-refractivity contribution is 7.98. The molecule has 0 aromatic heterocycles. The second kappa shape index (κ2) is 5.94. The lowest BCUT2D eigenvalue weighted by Crippen LogP contribution is -2.60. The zero-order chi connectivity index (χ0) is 13.1. The summed E-state index contributed by atoms with van der Waals surface area (Å²) in [5.41, 5.74) is 6.73. The van der Waals surface area contributed by atoms with Gasteiger partial charge in [0.05, 0.1) is 0 Å². The molecule has 0 radical (unpaired) electrons. The van der Waals surface area contributed by atoms with Crippen LogP contribution in [0.5, 0.6) is 0 Å². The van der Waals surface area contributed by atoms with Crippen molar-refractivity contribution in [3.8, 4) is 0 Å².